The molecule has 1 aliphatic rings. The number of anilines is 1. The first-order valence-corrected chi connectivity index (χ1v) is 9.70. The molecular formula is C22H19ClN2O4. The van der Waals surface area contributed by atoms with Gasteiger partial charge in [0.15, 0.2) is 0 Å². The molecule has 0 N–H and O–H groups in total. The summed E-state index contributed by atoms with van der Waals surface area (Å²) in [6.07, 6.45) is 1.20. The summed E-state index contributed by atoms with van der Waals surface area (Å²) in [4.78, 5) is 41.0. The van der Waals surface area contributed by atoms with E-state index in [0.29, 0.717) is 34.6 Å². The summed E-state index contributed by atoms with van der Waals surface area (Å²) >= 11 is 6.26. The molecule has 1 aliphatic heterocycles. The van der Waals surface area contributed by atoms with E-state index in [9.17, 15) is 14.4 Å². The van der Waals surface area contributed by atoms with Gasteiger partial charge in [-0.2, -0.15) is 0 Å². The van der Waals surface area contributed by atoms with E-state index in [1.165, 1.54) is 11.0 Å². The quantitative estimate of drug-likeness (QED) is 0.610. The molecule has 3 aromatic rings. The van der Waals surface area contributed by atoms with Crippen LogP contribution in [0.25, 0.3) is 11.0 Å². The lowest BCUT2D eigenvalue weighted by molar-refractivity contribution is -0.127. The molecule has 2 heterocycles. The Bertz CT molecular complexity index is 1170. The SMILES string of the molecule is Cc1ccc(N(CN2CCCC2=O)C(=O)c2cc3ccccc3oc2=O)cc1Cl. The predicted molar refractivity (Wildman–Crippen MR) is 111 cm³/mol. The Kier molecular flexibility index (Phi) is 5.11. The van der Waals surface area contributed by atoms with Crippen molar-refractivity contribution in [3.05, 3.63) is 75.1 Å². The van der Waals surface area contributed by atoms with Gasteiger partial charge < -0.3 is 9.32 Å². The molecule has 4 rings (SSSR count). The highest BCUT2D eigenvalue weighted by molar-refractivity contribution is 6.31. The Labute approximate surface area is 172 Å². The molecule has 0 unspecified atom stereocenters. The van der Waals surface area contributed by atoms with E-state index in [0.717, 1.165) is 12.0 Å². The van der Waals surface area contributed by atoms with Crippen LogP contribution in [-0.4, -0.2) is 29.9 Å². The maximum atomic E-state index is 13.4. The van der Waals surface area contributed by atoms with Crippen LogP contribution in [0.4, 0.5) is 5.69 Å². The van der Waals surface area contributed by atoms with Gasteiger partial charge in [0.25, 0.3) is 5.91 Å². The lowest BCUT2D eigenvalue weighted by Crippen LogP contribution is -2.43. The van der Waals surface area contributed by atoms with Gasteiger partial charge in [0, 0.05) is 29.1 Å². The van der Waals surface area contributed by atoms with Gasteiger partial charge in [-0.3, -0.25) is 14.5 Å². The van der Waals surface area contributed by atoms with E-state index < -0.39 is 11.5 Å². The van der Waals surface area contributed by atoms with Crippen LogP contribution in [0, 0.1) is 6.92 Å². The van der Waals surface area contributed by atoms with Gasteiger partial charge in [-0.15, -0.1) is 0 Å². The molecule has 1 fully saturated rings. The molecule has 29 heavy (non-hydrogen) atoms. The molecule has 0 saturated carbocycles. The lowest BCUT2D eigenvalue weighted by Gasteiger charge is -2.28. The molecule has 148 valence electrons. The Morgan fingerprint density at radius 2 is 1.97 bits per heavy atom. The Hall–Kier alpha value is -3.12. The smallest absolute Gasteiger partial charge is 0.349 e. The van der Waals surface area contributed by atoms with Crippen molar-refractivity contribution in [1.82, 2.24) is 4.90 Å². The minimum atomic E-state index is -0.718. The monoisotopic (exact) mass is 410 g/mol. The van der Waals surface area contributed by atoms with Crippen LogP contribution in [0.15, 0.2) is 57.7 Å². The Morgan fingerprint density at radius 3 is 2.69 bits per heavy atom. The molecule has 2 aromatic carbocycles. The predicted octanol–water partition coefficient (Wildman–Crippen LogP) is 3.98. The summed E-state index contributed by atoms with van der Waals surface area (Å²) in [6.45, 7) is 2.47. The van der Waals surface area contributed by atoms with Crippen LogP contribution >= 0.6 is 11.6 Å². The fourth-order valence-corrected chi connectivity index (χ4v) is 3.57. The van der Waals surface area contributed by atoms with Crippen LogP contribution in [0.2, 0.25) is 5.02 Å². The number of para-hydroxylation sites is 1. The number of halogens is 1. The highest BCUT2D eigenvalue weighted by Gasteiger charge is 2.28. The van der Waals surface area contributed by atoms with Gasteiger partial charge in [0.2, 0.25) is 5.91 Å². The minimum Gasteiger partial charge on any atom is -0.422 e. The molecular weight excluding hydrogens is 392 g/mol. The number of rotatable bonds is 4. The van der Waals surface area contributed by atoms with Crippen molar-refractivity contribution in [3.63, 3.8) is 0 Å². The molecule has 0 aliphatic carbocycles. The highest BCUT2D eigenvalue weighted by Crippen LogP contribution is 2.26. The summed E-state index contributed by atoms with van der Waals surface area (Å²) in [6, 6.07) is 13.7. The number of aryl methyl sites for hydroxylation is 1. The second kappa shape index (κ2) is 7.72. The van der Waals surface area contributed by atoms with Crippen molar-refractivity contribution in [1.29, 1.82) is 0 Å². The number of benzene rings is 2. The lowest BCUT2D eigenvalue weighted by atomic mass is 10.1. The van der Waals surface area contributed by atoms with Crippen LogP contribution in [0.5, 0.6) is 0 Å². The molecule has 0 radical (unpaired) electrons. The van der Waals surface area contributed by atoms with Crippen molar-refractivity contribution in [2.75, 3.05) is 18.1 Å². The number of likely N-dealkylation sites (tertiary alicyclic amines) is 1. The summed E-state index contributed by atoms with van der Waals surface area (Å²) in [5, 5.41) is 1.15. The van der Waals surface area contributed by atoms with E-state index in [1.54, 1.807) is 47.4 Å². The summed E-state index contributed by atoms with van der Waals surface area (Å²) in [5.74, 6) is -0.560. The van der Waals surface area contributed by atoms with E-state index >= 15 is 0 Å². The van der Waals surface area contributed by atoms with Gasteiger partial charge in [-0.05, 0) is 43.2 Å². The minimum absolute atomic E-state index is 0.0217. The van der Waals surface area contributed by atoms with Gasteiger partial charge in [-0.1, -0.05) is 35.9 Å². The molecule has 0 atom stereocenters. The van der Waals surface area contributed by atoms with Crippen molar-refractivity contribution in [2.24, 2.45) is 0 Å². The molecule has 0 spiro atoms. The second-order valence-corrected chi connectivity index (χ2v) is 7.46. The normalized spacial score (nSPS) is 13.9. The van der Waals surface area contributed by atoms with Crippen LogP contribution in [0.3, 0.4) is 0 Å². The zero-order valence-corrected chi connectivity index (χ0v) is 16.6. The van der Waals surface area contributed by atoms with E-state index in [2.05, 4.69) is 0 Å². The van der Waals surface area contributed by atoms with Gasteiger partial charge in [0.05, 0.1) is 0 Å². The molecule has 0 bridgehead atoms. The fourth-order valence-electron chi connectivity index (χ4n) is 3.39. The van der Waals surface area contributed by atoms with Crippen molar-refractivity contribution in [2.45, 2.75) is 19.8 Å². The Morgan fingerprint density at radius 1 is 1.17 bits per heavy atom. The third-order valence-corrected chi connectivity index (χ3v) is 5.47. The topological polar surface area (TPSA) is 70.8 Å². The molecule has 7 heteroatoms. The fraction of sp³-hybridized carbons (Fsp3) is 0.227. The third kappa shape index (κ3) is 3.76. The number of amides is 2. The summed E-state index contributed by atoms with van der Waals surface area (Å²) in [5.41, 5.74) is 0.980. The first-order valence-electron chi connectivity index (χ1n) is 9.33. The van der Waals surface area contributed by atoms with Gasteiger partial charge in [-0.25, -0.2) is 4.79 Å². The van der Waals surface area contributed by atoms with Crippen LogP contribution in [0.1, 0.15) is 28.8 Å². The van der Waals surface area contributed by atoms with E-state index in [4.69, 9.17) is 16.0 Å². The molecule has 1 saturated heterocycles. The largest absolute Gasteiger partial charge is 0.422 e. The van der Waals surface area contributed by atoms with E-state index in [1.807, 2.05) is 6.92 Å². The van der Waals surface area contributed by atoms with E-state index in [-0.39, 0.29) is 18.1 Å². The highest BCUT2D eigenvalue weighted by atomic mass is 35.5. The standard InChI is InChI=1S/C22H19ClN2O4/c1-14-8-9-16(12-18(14)23)25(13-24-10-4-7-20(24)26)21(27)17-11-15-5-2-3-6-19(15)29-22(17)28/h2-3,5-6,8-9,11-12H,4,7,10,13H2,1H3. The van der Waals surface area contributed by atoms with Crippen molar-refractivity contribution >= 4 is 40.1 Å². The number of fused-ring (bicyclic) bond motifs is 1. The van der Waals surface area contributed by atoms with Crippen molar-refractivity contribution < 1.29 is 14.0 Å². The first-order chi connectivity index (χ1) is 13.9. The van der Waals surface area contributed by atoms with Gasteiger partial charge in [0.1, 0.15) is 17.8 Å². The number of carbonyl (C=O) groups excluding carboxylic acids is 2. The van der Waals surface area contributed by atoms with Crippen molar-refractivity contribution in [3.8, 4) is 0 Å². The van der Waals surface area contributed by atoms with Crippen LogP contribution < -0.4 is 10.5 Å². The maximum Gasteiger partial charge on any atom is 0.349 e. The first kappa shape index (κ1) is 19.2. The summed E-state index contributed by atoms with van der Waals surface area (Å²) in [7, 11) is 0. The molecule has 1 aromatic heterocycles. The average Bonchev–Trinajstić information content (AvgIpc) is 3.12. The zero-order valence-electron chi connectivity index (χ0n) is 15.9. The summed E-state index contributed by atoms with van der Waals surface area (Å²) < 4.78 is 5.32. The molecule has 2 amide bonds. The zero-order chi connectivity index (χ0) is 20.5. The Balaban J connectivity index is 1.78. The number of nitrogens with zero attached hydrogens (tertiary/aromatic N) is 2. The third-order valence-electron chi connectivity index (χ3n) is 5.07. The number of carbonyl (C=O) groups is 2. The average molecular weight is 411 g/mol. The number of hydrogen-bond acceptors (Lipinski definition) is 4. The molecule has 6 nitrogen and oxygen atoms in total. The second-order valence-electron chi connectivity index (χ2n) is 7.05. The number of hydrogen-bond donors (Lipinski definition) is 0. The van der Waals surface area contributed by atoms with Crippen LogP contribution in [-0.2, 0) is 4.79 Å². The maximum absolute atomic E-state index is 13.4. The van der Waals surface area contributed by atoms with Gasteiger partial charge >= 0.3 is 5.63 Å².